The molecule has 1 aromatic carbocycles. The van der Waals surface area contributed by atoms with Gasteiger partial charge < -0.3 is 16.4 Å². The van der Waals surface area contributed by atoms with Crippen molar-refractivity contribution in [3.8, 4) is 0 Å². The van der Waals surface area contributed by atoms with Gasteiger partial charge in [0.15, 0.2) is 0 Å². The first-order valence-electron chi connectivity index (χ1n) is 10.8. The Morgan fingerprint density at radius 1 is 1.32 bits per heavy atom. The number of aromatic nitrogens is 2. The van der Waals surface area contributed by atoms with Gasteiger partial charge in [-0.05, 0) is 63.6 Å². The molecule has 0 spiro atoms. The van der Waals surface area contributed by atoms with Crippen LogP contribution in [0.25, 0.3) is 0 Å². The van der Waals surface area contributed by atoms with Crippen LogP contribution in [0.15, 0.2) is 39.7 Å². The Bertz CT molecular complexity index is 1050. The van der Waals surface area contributed by atoms with Crippen molar-refractivity contribution in [3.05, 3.63) is 50.9 Å². The molecule has 3 aliphatic carbocycles. The minimum Gasteiger partial charge on any atom is -0.398 e. The smallest absolute Gasteiger partial charge is 0.283 e. The van der Waals surface area contributed by atoms with Crippen molar-refractivity contribution in [3.63, 3.8) is 0 Å². The first-order chi connectivity index (χ1) is 14.7. The lowest BCUT2D eigenvalue weighted by Crippen LogP contribution is -2.58. The van der Waals surface area contributed by atoms with Gasteiger partial charge in [0.05, 0.1) is 11.9 Å². The van der Waals surface area contributed by atoms with Crippen LogP contribution in [0.2, 0.25) is 0 Å². The zero-order valence-electron chi connectivity index (χ0n) is 18.2. The minimum absolute atomic E-state index is 0.150. The number of benzene rings is 1. The Morgan fingerprint density at radius 2 is 2.06 bits per heavy atom. The molecule has 166 valence electrons. The van der Waals surface area contributed by atoms with E-state index in [1.807, 2.05) is 18.2 Å². The van der Waals surface area contributed by atoms with E-state index in [0.29, 0.717) is 45.7 Å². The summed E-state index contributed by atoms with van der Waals surface area (Å²) in [6.45, 7) is 7.19. The van der Waals surface area contributed by atoms with Gasteiger partial charge in [0, 0.05) is 18.3 Å². The molecule has 0 saturated heterocycles. The Kier molecular flexibility index (Phi) is 5.85. The number of halogens is 1. The van der Waals surface area contributed by atoms with Crippen molar-refractivity contribution < 1.29 is 4.79 Å². The fourth-order valence-corrected chi connectivity index (χ4v) is 5.72. The van der Waals surface area contributed by atoms with E-state index >= 15 is 0 Å². The molecule has 4 atom stereocenters. The van der Waals surface area contributed by atoms with Gasteiger partial charge in [0.1, 0.15) is 11.0 Å². The zero-order chi connectivity index (χ0) is 22.3. The van der Waals surface area contributed by atoms with Gasteiger partial charge in [-0.2, -0.15) is 5.10 Å². The standard InChI is InChI=1S/C23H30BrN5O2/c1-13-16-8-15(23(16,2)3)9-18(13)28-19-11-27-29(22(31)21(19)24)12-20(30)26-10-14-6-4-5-7-17(14)25/h4-7,11,13,15-16,18,28H,8-10,12,25H2,1-3H3,(H,26,30)/t13-,15+,16-,18-/m1/s1. The number of carbonyl (C=O) groups excluding carboxylic acids is 1. The van der Waals surface area contributed by atoms with Gasteiger partial charge in [0.2, 0.25) is 5.91 Å². The third-order valence-corrected chi connectivity index (χ3v) is 8.27. The lowest BCUT2D eigenvalue weighted by atomic mass is 9.45. The molecule has 3 aliphatic rings. The molecule has 2 aromatic rings. The summed E-state index contributed by atoms with van der Waals surface area (Å²) in [4.78, 5) is 25.1. The number of carbonyl (C=O) groups is 1. The van der Waals surface area contributed by atoms with E-state index in [4.69, 9.17) is 5.73 Å². The molecule has 1 heterocycles. The number of nitrogens with zero attached hydrogens (tertiary/aromatic N) is 2. The van der Waals surface area contributed by atoms with Crippen LogP contribution in [0, 0.1) is 23.2 Å². The number of hydrogen-bond acceptors (Lipinski definition) is 5. The first-order valence-corrected chi connectivity index (χ1v) is 11.6. The van der Waals surface area contributed by atoms with Gasteiger partial charge >= 0.3 is 0 Å². The second kappa shape index (κ2) is 8.30. The van der Waals surface area contributed by atoms with Crippen LogP contribution in [0.1, 0.15) is 39.2 Å². The summed E-state index contributed by atoms with van der Waals surface area (Å²) < 4.78 is 1.58. The largest absolute Gasteiger partial charge is 0.398 e. The molecule has 1 aromatic heterocycles. The van der Waals surface area contributed by atoms with Crippen molar-refractivity contribution in [2.24, 2.45) is 23.2 Å². The van der Waals surface area contributed by atoms with E-state index in [1.54, 1.807) is 12.3 Å². The molecular weight excluding hydrogens is 458 g/mol. The summed E-state index contributed by atoms with van der Waals surface area (Å²) in [7, 11) is 0. The number of para-hydroxylation sites is 1. The van der Waals surface area contributed by atoms with Gasteiger partial charge in [-0.15, -0.1) is 0 Å². The van der Waals surface area contributed by atoms with Crippen LogP contribution in [-0.2, 0) is 17.9 Å². The van der Waals surface area contributed by atoms with Crippen LogP contribution in [0.5, 0.6) is 0 Å². The third kappa shape index (κ3) is 4.10. The van der Waals surface area contributed by atoms with Gasteiger partial charge in [-0.1, -0.05) is 39.0 Å². The molecule has 31 heavy (non-hydrogen) atoms. The quantitative estimate of drug-likeness (QED) is 0.541. The summed E-state index contributed by atoms with van der Waals surface area (Å²) in [5.41, 5.74) is 8.13. The maximum Gasteiger partial charge on any atom is 0.283 e. The second-order valence-corrected chi connectivity index (χ2v) is 10.3. The Hall–Kier alpha value is -2.35. The predicted octanol–water partition coefficient (Wildman–Crippen LogP) is 3.39. The second-order valence-electron chi connectivity index (χ2n) is 9.52. The topological polar surface area (TPSA) is 102 Å². The number of rotatable bonds is 6. The van der Waals surface area contributed by atoms with Crippen LogP contribution in [-0.4, -0.2) is 21.7 Å². The molecule has 8 heteroatoms. The van der Waals surface area contributed by atoms with Crippen molar-refractivity contribution in [1.82, 2.24) is 15.1 Å². The Balaban J connectivity index is 1.39. The van der Waals surface area contributed by atoms with Crippen molar-refractivity contribution in [1.29, 1.82) is 0 Å². The van der Waals surface area contributed by atoms with Crippen molar-refractivity contribution >= 4 is 33.2 Å². The molecule has 7 nitrogen and oxygen atoms in total. The Labute approximate surface area is 190 Å². The van der Waals surface area contributed by atoms with Crippen LogP contribution >= 0.6 is 15.9 Å². The molecular formula is C23H30BrN5O2. The lowest BCUT2D eigenvalue weighted by molar-refractivity contribution is -0.122. The maximum absolute atomic E-state index is 12.8. The van der Waals surface area contributed by atoms with Crippen LogP contribution < -0.4 is 21.9 Å². The number of fused-ring (bicyclic) bond motifs is 2. The molecule has 3 fully saturated rings. The van der Waals surface area contributed by atoms with Crippen LogP contribution in [0.4, 0.5) is 11.4 Å². The summed E-state index contributed by atoms with van der Waals surface area (Å²) >= 11 is 3.42. The number of nitrogen functional groups attached to an aromatic ring is 1. The Morgan fingerprint density at radius 3 is 2.74 bits per heavy atom. The van der Waals surface area contributed by atoms with E-state index in [9.17, 15) is 9.59 Å². The van der Waals surface area contributed by atoms with Gasteiger partial charge in [0.25, 0.3) is 5.56 Å². The summed E-state index contributed by atoms with van der Waals surface area (Å²) in [6.07, 6.45) is 4.04. The van der Waals surface area contributed by atoms with Crippen molar-refractivity contribution in [2.45, 2.75) is 52.7 Å². The van der Waals surface area contributed by atoms with Gasteiger partial charge in [-0.3, -0.25) is 9.59 Å². The average molecular weight is 488 g/mol. The molecule has 1 amide bonds. The summed E-state index contributed by atoms with van der Waals surface area (Å²) in [5.74, 6) is 1.66. The highest BCUT2D eigenvalue weighted by Crippen LogP contribution is 2.61. The van der Waals surface area contributed by atoms with E-state index in [1.165, 1.54) is 11.1 Å². The highest BCUT2D eigenvalue weighted by molar-refractivity contribution is 9.10. The fraction of sp³-hybridized carbons (Fsp3) is 0.522. The zero-order valence-corrected chi connectivity index (χ0v) is 19.8. The SMILES string of the molecule is C[C@@H]1[C@H]2C[C@@H](C[C@H]1Nc1cnn(CC(=O)NCc3ccccc3N)c(=O)c1Br)C2(C)C. The molecule has 2 bridgehead atoms. The third-order valence-electron chi connectivity index (χ3n) is 7.50. The highest BCUT2D eigenvalue weighted by Gasteiger charge is 2.56. The number of anilines is 2. The first kappa shape index (κ1) is 21.9. The highest BCUT2D eigenvalue weighted by atomic mass is 79.9. The number of nitrogens with one attached hydrogen (secondary N) is 2. The maximum atomic E-state index is 12.8. The van der Waals surface area contributed by atoms with E-state index in [0.717, 1.165) is 17.9 Å². The van der Waals surface area contributed by atoms with E-state index in [-0.39, 0.29) is 18.0 Å². The fourth-order valence-electron chi connectivity index (χ4n) is 5.30. The molecule has 3 saturated carbocycles. The summed E-state index contributed by atoms with van der Waals surface area (Å²) in [5, 5.41) is 10.6. The number of hydrogen-bond donors (Lipinski definition) is 3. The molecule has 0 aliphatic heterocycles. The van der Waals surface area contributed by atoms with Crippen molar-refractivity contribution in [2.75, 3.05) is 11.1 Å². The number of nitrogens with two attached hydrogens (primary N) is 1. The van der Waals surface area contributed by atoms with Gasteiger partial charge in [-0.25, -0.2) is 4.68 Å². The molecule has 4 N–H and O–H groups in total. The van der Waals surface area contributed by atoms with E-state index < -0.39 is 0 Å². The summed E-state index contributed by atoms with van der Waals surface area (Å²) in [6, 6.07) is 7.67. The monoisotopic (exact) mass is 487 g/mol. The number of amides is 1. The minimum atomic E-state index is -0.326. The molecule has 5 rings (SSSR count). The van der Waals surface area contributed by atoms with Crippen LogP contribution in [0.3, 0.4) is 0 Å². The predicted molar refractivity (Wildman–Crippen MR) is 125 cm³/mol. The lowest BCUT2D eigenvalue weighted by Gasteiger charge is -2.62. The normalized spacial score (nSPS) is 26.1. The van der Waals surface area contributed by atoms with E-state index in [2.05, 4.69) is 52.4 Å². The molecule has 0 unspecified atom stereocenters. The average Bonchev–Trinajstić information content (AvgIpc) is 2.73. The molecule has 0 radical (unpaired) electrons.